The molecule has 1 atom stereocenters. The van der Waals surface area contributed by atoms with Crippen molar-refractivity contribution in [2.45, 2.75) is 56.7 Å². The number of benzene rings is 1. The van der Waals surface area contributed by atoms with E-state index in [9.17, 15) is 17.6 Å². The molecule has 0 radical (unpaired) electrons. The fraction of sp³-hybridized carbons (Fsp3) is 0.571. The van der Waals surface area contributed by atoms with Gasteiger partial charge in [-0.2, -0.15) is 9.46 Å². The van der Waals surface area contributed by atoms with Gasteiger partial charge in [0.25, 0.3) is 5.56 Å². The van der Waals surface area contributed by atoms with Crippen molar-refractivity contribution < 1.29 is 17.3 Å². The molecule has 30 heavy (non-hydrogen) atoms. The van der Waals surface area contributed by atoms with Crippen LogP contribution in [0, 0.1) is 5.82 Å². The van der Waals surface area contributed by atoms with E-state index in [4.69, 9.17) is 4.52 Å². The lowest BCUT2D eigenvalue weighted by atomic mass is 9.94. The Labute approximate surface area is 175 Å². The quantitative estimate of drug-likeness (QED) is 0.776. The minimum absolute atomic E-state index is 0.0829. The molecular formula is C21H28FN3O4S. The molecule has 4 rings (SSSR count). The highest BCUT2D eigenvalue weighted by Gasteiger charge is 2.34. The van der Waals surface area contributed by atoms with Gasteiger partial charge in [0.05, 0.1) is 5.25 Å². The Hall–Kier alpha value is -2.13. The number of nitrogens with zero attached hydrogens (tertiary/aromatic N) is 2. The molecule has 0 spiro atoms. The zero-order valence-corrected chi connectivity index (χ0v) is 18.0. The molecule has 2 aliphatic heterocycles. The van der Waals surface area contributed by atoms with Crippen LogP contribution >= 0.6 is 0 Å². The van der Waals surface area contributed by atoms with E-state index in [1.165, 1.54) is 16.4 Å². The number of sulfonamides is 1. The number of hydrogen-bond acceptors (Lipinski definition) is 5. The van der Waals surface area contributed by atoms with Crippen molar-refractivity contribution in [2.24, 2.45) is 0 Å². The molecule has 2 saturated heterocycles. The summed E-state index contributed by atoms with van der Waals surface area (Å²) in [6.07, 6.45) is 3.71. The Kier molecular flexibility index (Phi) is 6.02. The lowest BCUT2D eigenvalue weighted by Gasteiger charge is -2.33. The summed E-state index contributed by atoms with van der Waals surface area (Å²) >= 11 is 0. The second-order valence-electron chi connectivity index (χ2n) is 8.20. The number of H-pyrrole nitrogens is 1. The summed E-state index contributed by atoms with van der Waals surface area (Å²) < 4.78 is 46.9. The molecule has 0 amide bonds. The first-order chi connectivity index (χ1) is 14.4. The highest BCUT2D eigenvalue weighted by Crippen LogP contribution is 2.31. The van der Waals surface area contributed by atoms with Gasteiger partial charge in [-0.15, -0.1) is 0 Å². The topological polar surface area (TPSA) is 86.6 Å². The Bertz CT molecular complexity index is 1040. The molecule has 7 nitrogen and oxygen atoms in total. The predicted octanol–water partition coefficient (Wildman–Crippen LogP) is 3.20. The summed E-state index contributed by atoms with van der Waals surface area (Å²) in [6, 6.07) is 6.56. The smallest absolute Gasteiger partial charge is 0.280 e. The lowest BCUT2D eigenvalue weighted by molar-refractivity contribution is 0.334. The molecule has 2 aromatic rings. The van der Waals surface area contributed by atoms with Crippen molar-refractivity contribution in [2.75, 3.05) is 24.5 Å². The van der Waals surface area contributed by atoms with Crippen LogP contribution in [0.5, 0.6) is 0 Å². The number of nitrogens with one attached hydrogen (secondary N) is 1. The lowest BCUT2D eigenvalue weighted by Crippen LogP contribution is -2.43. The van der Waals surface area contributed by atoms with Crippen molar-refractivity contribution in [3.05, 3.63) is 51.8 Å². The van der Waals surface area contributed by atoms with E-state index in [2.05, 4.69) is 10.1 Å². The van der Waals surface area contributed by atoms with Crippen LogP contribution in [-0.4, -0.2) is 42.8 Å². The number of aromatic amines is 1. The number of aromatic nitrogens is 1. The molecule has 1 N–H and O–H groups in total. The summed E-state index contributed by atoms with van der Waals surface area (Å²) in [5.41, 5.74) is 0.965. The van der Waals surface area contributed by atoms with Crippen LogP contribution in [0.2, 0.25) is 0 Å². The molecule has 9 heteroatoms. The Morgan fingerprint density at radius 3 is 2.57 bits per heavy atom. The van der Waals surface area contributed by atoms with E-state index in [1.807, 2.05) is 13.0 Å². The SMILES string of the molecule is CCC1CCCN(Cc2ccc(N3CCC(c4cc(=O)[nH]o4)CC3)cc2F)S1(=O)=O. The van der Waals surface area contributed by atoms with Gasteiger partial charge in [-0.3, -0.25) is 4.79 Å². The van der Waals surface area contributed by atoms with E-state index in [1.54, 1.807) is 6.07 Å². The molecule has 0 aliphatic carbocycles. The normalized spacial score (nSPS) is 23.0. The largest absolute Gasteiger partial charge is 0.383 e. The van der Waals surface area contributed by atoms with Gasteiger partial charge in [0, 0.05) is 49.4 Å². The minimum Gasteiger partial charge on any atom is -0.383 e. The van der Waals surface area contributed by atoms with Crippen LogP contribution in [0.15, 0.2) is 33.6 Å². The molecule has 1 unspecified atom stereocenters. The second-order valence-corrected chi connectivity index (χ2v) is 10.4. The van der Waals surface area contributed by atoms with Crippen LogP contribution in [-0.2, 0) is 16.6 Å². The van der Waals surface area contributed by atoms with E-state index >= 15 is 0 Å². The second kappa shape index (κ2) is 8.55. The van der Waals surface area contributed by atoms with Crippen LogP contribution in [0.3, 0.4) is 0 Å². The molecule has 0 saturated carbocycles. The zero-order chi connectivity index (χ0) is 21.3. The van der Waals surface area contributed by atoms with E-state index in [0.717, 1.165) is 38.0 Å². The van der Waals surface area contributed by atoms with E-state index in [-0.39, 0.29) is 29.1 Å². The predicted molar refractivity (Wildman–Crippen MR) is 113 cm³/mol. The van der Waals surface area contributed by atoms with Gasteiger partial charge in [-0.05, 0) is 44.2 Å². The van der Waals surface area contributed by atoms with Gasteiger partial charge in [-0.1, -0.05) is 13.0 Å². The highest BCUT2D eigenvalue weighted by molar-refractivity contribution is 7.89. The monoisotopic (exact) mass is 437 g/mol. The molecule has 1 aromatic heterocycles. The molecule has 2 aliphatic rings. The maximum atomic E-state index is 14.8. The zero-order valence-electron chi connectivity index (χ0n) is 17.1. The third-order valence-corrected chi connectivity index (χ3v) is 8.80. The third-order valence-electron chi connectivity index (χ3n) is 6.36. The molecule has 1 aromatic carbocycles. The first-order valence-corrected chi connectivity index (χ1v) is 12.1. The molecule has 164 valence electrons. The first kappa shape index (κ1) is 21.1. The number of hydrogen-bond donors (Lipinski definition) is 1. The van der Waals surface area contributed by atoms with Gasteiger partial charge < -0.3 is 9.42 Å². The van der Waals surface area contributed by atoms with Crippen molar-refractivity contribution >= 4 is 15.7 Å². The molecule has 0 bridgehead atoms. The average Bonchev–Trinajstić information content (AvgIpc) is 3.17. The van der Waals surface area contributed by atoms with Gasteiger partial charge in [0.2, 0.25) is 10.0 Å². The first-order valence-electron chi connectivity index (χ1n) is 10.6. The highest BCUT2D eigenvalue weighted by atomic mass is 32.2. The standard InChI is InChI=1S/C21H28FN3O4S/c1-2-18-4-3-9-25(30(18,27)28)14-16-5-6-17(12-19(16)22)24-10-7-15(8-11-24)20-13-21(26)23-29-20/h5-6,12-13,15,18H,2-4,7-11,14H2,1H3,(H,23,26). The Balaban J connectivity index is 1.42. The summed E-state index contributed by atoms with van der Waals surface area (Å²) in [7, 11) is -3.37. The van der Waals surface area contributed by atoms with Gasteiger partial charge in [-0.25, -0.2) is 12.8 Å². The minimum atomic E-state index is -3.37. The van der Waals surface area contributed by atoms with Crippen molar-refractivity contribution in [3.8, 4) is 0 Å². The maximum absolute atomic E-state index is 14.8. The van der Waals surface area contributed by atoms with Crippen LogP contribution in [0.1, 0.15) is 56.3 Å². The summed E-state index contributed by atoms with van der Waals surface area (Å²) in [6.45, 7) is 3.88. The number of halogens is 1. The van der Waals surface area contributed by atoms with Crippen molar-refractivity contribution in [1.82, 2.24) is 9.46 Å². The van der Waals surface area contributed by atoms with Crippen LogP contribution in [0.4, 0.5) is 10.1 Å². The fourth-order valence-electron chi connectivity index (χ4n) is 4.54. The molecular weight excluding hydrogens is 409 g/mol. The Morgan fingerprint density at radius 1 is 1.17 bits per heavy atom. The summed E-state index contributed by atoms with van der Waals surface area (Å²) in [5, 5.41) is 1.97. The number of anilines is 1. The van der Waals surface area contributed by atoms with Crippen molar-refractivity contribution in [3.63, 3.8) is 0 Å². The van der Waals surface area contributed by atoms with Crippen LogP contribution < -0.4 is 10.5 Å². The summed E-state index contributed by atoms with van der Waals surface area (Å²) in [5.74, 6) is 0.481. The van der Waals surface area contributed by atoms with Gasteiger partial charge in [0.15, 0.2) is 0 Å². The summed E-state index contributed by atoms with van der Waals surface area (Å²) in [4.78, 5) is 13.4. The number of piperidine rings is 1. The maximum Gasteiger partial charge on any atom is 0.280 e. The van der Waals surface area contributed by atoms with Crippen LogP contribution in [0.25, 0.3) is 0 Å². The average molecular weight is 438 g/mol. The Morgan fingerprint density at radius 2 is 1.93 bits per heavy atom. The van der Waals surface area contributed by atoms with Gasteiger partial charge in [0.1, 0.15) is 11.6 Å². The van der Waals surface area contributed by atoms with Crippen molar-refractivity contribution in [1.29, 1.82) is 0 Å². The van der Waals surface area contributed by atoms with E-state index < -0.39 is 10.0 Å². The van der Waals surface area contributed by atoms with E-state index in [0.29, 0.717) is 30.7 Å². The third kappa shape index (κ3) is 4.18. The number of rotatable bonds is 5. The molecule has 3 heterocycles. The fourth-order valence-corrected chi connectivity index (χ4v) is 6.55. The van der Waals surface area contributed by atoms with Gasteiger partial charge >= 0.3 is 0 Å². The molecule has 2 fully saturated rings.